The van der Waals surface area contributed by atoms with E-state index in [1.165, 1.54) is 6.92 Å². The number of carbonyl (C=O) groups excluding carboxylic acids is 2. The summed E-state index contributed by atoms with van der Waals surface area (Å²) in [6.45, 7) is 1.93. The highest BCUT2D eigenvalue weighted by atomic mass is 16.5. The molecule has 0 saturated heterocycles. The fourth-order valence-corrected chi connectivity index (χ4v) is 3.50. The van der Waals surface area contributed by atoms with Crippen LogP contribution in [0.25, 0.3) is 0 Å². The van der Waals surface area contributed by atoms with Gasteiger partial charge in [0.25, 0.3) is 0 Å². The van der Waals surface area contributed by atoms with E-state index in [4.69, 9.17) is 9.47 Å². The molecule has 0 saturated carbocycles. The highest BCUT2D eigenvalue weighted by Crippen LogP contribution is 2.32. The molecule has 142 valence electrons. The van der Waals surface area contributed by atoms with Crippen LogP contribution in [0.1, 0.15) is 18.1 Å². The van der Waals surface area contributed by atoms with E-state index >= 15 is 0 Å². The van der Waals surface area contributed by atoms with Crippen molar-refractivity contribution in [3.63, 3.8) is 0 Å². The number of methoxy groups -OCH3 is 2. The number of benzene rings is 2. The molecule has 0 aliphatic carbocycles. The van der Waals surface area contributed by atoms with Crippen molar-refractivity contribution in [2.24, 2.45) is 0 Å². The zero-order valence-electron chi connectivity index (χ0n) is 15.8. The standard InChI is InChI=1S/C21H24N2O4/c1-14(24)23-18-7-5-4-6-15(18)13-19(23)21(25)22-11-10-16-12-17(26-2)8-9-20(16)27-3/h4-9,12,19H,10-11,13H2,1-3H3,(H,22,25)/t19-/m1/s1. The van der Waals surface area contributed by atoms with Gasteiger partial charge in [0.2, 0.25) is 11.8 Å². The number of para-hydroxylation sites is 1. The van der Waals surface area contributed by atoms with Crippen LogP contribution in [0.4, 0.5) is 5.69 Å². The van der Waals surface area contributed by atoms with Gasteiger partial charge in [0.1, 0.15) is 17.5 Å². The Hall–Kier alpha value is -3.02. The Labute approximate surface area is 159 Å². The first-order valence-electron chi connectivity index (χ1n) is 8.91. The van der Waals surface area contributed by atoms with Crippen molar-refractivity contribution in [3.05, 3.63) is 53.6 Å². The molecule has 0 fully saturated rings. The third-order valence-corrected chi connectivity index (χ3v) is 4.80. The van der Waals surface area contributed by atoms with Gasteiger partial charge in [-0.2, -0.15) is 0 Å². The predicted molar refractivity (Wildman–Crippen MR) is 103 cm³/mol. The van der Waals surface area contributed by atoms with E-state index in [2.05, 4.69) is 5.32 Å². The van der Waals surface area contributed by atoms with Gasteiger partial charge in [0, 0.05) is 25.6 Å². The van der Waals surface area contributed by atoms with Crippen molar-refractivity contribution in [2.75, 3.05) is 25.7 Å². The number of nitrogens with one attached hydrogen (secondary N) is 1. The molecule has 0 aromatic heterocycles. The van der Waals surface area contributed by atoms with E-state index in [0.29, 0.717) is 19.4 Å². The summed E-state index contributed by atoms with van der Waals surface area (Å²) in [5, 5.41) is 2.95. The monoisotopic (exact) mass is 368 g/mol. The minimum atomic E-state index is -0.507. The highest BCUT2D eigenvalue weighted by molar-refractivity contribution is 6.02. The number of hydrogen-bond donors (Lipinski definition) is 1. The lowest BCUT2D eigenvalue weighted by atomic mass is 10.1. The minimum absolute atomic E-state index is 0.130. The van der Waals surface area contributed by atoms with E-state index in [1.807, 2.05) is 42.5 Å². The fraction of sp³-hybridized carbons (Fsp3) is 0.333. The van der Waals surface area contributed by atoms with Crippen LogP contribution in [0.5, 0.6) is 11.5 Å². The summed E-state index contributed by atoms with van der Waals surface area (Å²) in [5.74, 6) is 1.22. The van der Waals surface area contributed by atoms with Gasteiger partial charge in [-0.25, -0.2) is 0 Å². The van der Waals surface area contributed by atoms with Crippen molar-refractivity contribution < 1.29 is 19.1 Å². The van der Waals surface area contributed by atoms with Crippen LogP contribution in [0.2, 0.25) is 0 Å². The number of ether oxygens (including phenoxy) is 2. The second kappa shape index (κ2) is 8.12. The summed E-state index contributed by atoms with van der Waals surface area (Å²) < 4.78 is 10.6. The maximum atomic E-state index is 12.7. The summed E-state index contributed by atoms with van der Waals surface area (Å²) in [4.78, 5) is 26.4. The number of hydrogen-bond acceptors (Lipinski definition) is 4. The van der Waals surface area contributed by atoms with E-state index in [-0.39, 0.29) is 11.8 Å². The Morgan fingerprint density at radius 1 is 1.15 bits per heavy atom. The maximum Gasteiger partial charge on any atom is 0.243 e. The zero-order chi connectivity index (χ0) is 19.4. The average Bonchev–Trinajstić information content (AvgIpc) is 3.07. The minimum Gasteiger partial charge on any atom is -0.497 e. The molecule has 0 radical (unpaired) electrons. The molecule has 1 aliphatic heterocycles. The molecule has 27 heavy (non-hydrogen) atoms. The molecular formula is C21H24N2O4. The van der Waals surface area contributed by atoms with Crippen molar-refractivity contribution in [3.8, 4) is 11.5 Å². The van der Waals surface area contributed by atoms with Gasteiger partial charge >= 0.3 is 0 Å². The molecule has 1 heterocycles. The van der Waals surface area contributed by atoms with E-state index in [9.17, 15) is 9.59 Å². The first kappa shape index (κ1) is 18.8. The second-order valence-electron chi connectivity index (χ2n) is 6.46. The largest absolute Gasteiger partial charge is 0.497 e. The number of carbonyl (C=O) groups is 2. The lowest BCUT2D eigenvalue weighted by molar-refractivity contribution is -0.125. The number of fused-ring (bicyclic) bond motifs is 1. The Morgan fingerprint density at radius 2 is 1.93 bits per heavy atom. The number of nitrogens with zero attached hydrogens (tertiary/aromatic N) is 1. The first-order chi connectivity index (χ1) is 13.0. The molecule has 6 heteroatoms. The van der Waals surface area contributed by atoms with Crippen molar-refractivity contribution >= 4 is 17.5 Å². The van der Waals surface area contributed by atoms with Crippen LogP contribution in [0.15, 0.2) is 42.5 Å². The van der Waals surface area contributed by atoms with Gasteiger partial charge in [-0.1, -0.05) is 18.2 Å². The van der Waals surface area contributed by atoms with Crippen LogP contribution in [-0.4, -0.2) is 38.6 Å². The highest BCUT2D eigenvalue weighted by Gasteiger charge is 2.36. The van der Waals surface area contributed by atoms with Gasteiger partial charge in [-0.05, 0) is 41.8 Å². The van der Waals surface area contributed by atoms with Gasteiger partial charge in [-0.3, -0.25) is 14.5 Å². The lowest BCUT2D eigenvalue weighted by Crippen LogP contribution is -2.47. The molecule has 3 rings (SSSR count). The third-order valence-electron chi connectivity index (χ3n) is 4.80. The quantitative estimate of drug-likeness (QED) is 0.850. The summed E-state index contributed by atoms with van der Waals surface area (Å²) in [7, 11) is 3.23. The molecule has 2 aromatic carbocycles. The van der Waals surface area contributed by atoms with Crippen LogP contribution < -0.4 is 19.7 Å². The van der Waals surface area contributed by atoms with E-state index < -0.39 is 6.04 Å². The van der Waals surface area contributed by atoms with Crippen molar-refractivity contribution in [1.29, 1.82) is 0 Å². The molecule has 1 N–H and O–H groups in total. The summed E-state index contributed by atoms with van der Waals surface area (Å²) in [6.07, 6.45) is 1.13. The molecule has 2 aromatic rings. The molecule has 1 aliphatic rings. The number of amides is 2. The summed E-state index contributed by atoms with van der Waals surface area (Å²) in [5.41, 5.74) is 2.79. The zero-order valence-corrected chi connectivity index (χ0v) is 15.8. The summed E-state index contributed by atoms with van der Waals surface area (Å²) in [6, 6.07) is 12.7. The van der Waals surface area contributed by atoms with E-state index in [0.717, 1.165) is 28.3 Å². The molecule has 6 nitrogen and oxygen atoms in total. The normalized spacial score (nSPS) is 15.2. The Morgan fingerprint density at radius 3 is 2.63 bits per heavy atom. The predicted octanol–water partition coefficient (Wildman–Crippen LogP) is 2.34. The van der Waals surface area contributed by atoms with Gasteiger partial charge in [-0.15, -0.1) is 0 Å². The van der Waals surface area contributed by atoms with Crippen molar-refractivity contribution in [1.82, 2.24) is 5.32 Å². The second-order valence-corrected chi connectivity index (χ2v) is 6.46. The third kappa shape index (κ3) is 3.89. The maximum absolute atomic E-state index is 12.7. The first-order valence-corrected chi connectivity index (χ1v) is 8.91. The smallest absolute Gasteiger partial charge is 0.243 e. The Balaban J connectivity index is 1.66. The fourth-order valence-electron chi connectivity index (χ4n) is 3.50. The van der Waals surface area contributed by atoms with Gasteiger partial charge in [0.05, 0.1) is 14.2 Å². The molecule has 0 bridgehead atoms. The van der Waals surface area contributed by atoms with Gasteiger partial charge < -0.3 is 14.8 Å². The molecule has 2 amide bonds. The van der Waals surface area contributed by atoms with Crippen LogP contribution in [-0.2, 0) is 22.4 Å². The molecular weight excluding hydrogens is 344 g/mol. The van der Waals surface area contributed by atoms with Crippen LogP contribution >= 0.6 is 0 Å². The average molecular weight is 368 g/mol. The van der Waals surface area contributed by atoms with Crippen LogP contribution in [0.3, 0.4) is 0 Å². The van der Waals surface area contributed by atoms with E-state index in [1.54, 1.807) is 19.1 Å². The Bertz CT molecular complexity index is 850. The molecule has 0 spiro atoms. The lowest BCUT2D eigenvalue weighted by Gasteiger charge is -2.23. The van der Waals surface area contributed by atoms with Gasteiger partial charge in [0.15, 0.2) is 0 Å². The number of rotatable bonds is 6. The van der Waals surface area contributed by atoms with Crippen molar-refractivity contribution in [2.45, 2.75) is 25.8 Å². The Kier molecular flexibility index (Phi) is 5.64. The van der Waals surface area contributed by atoms with Crippen LogP contribution in [0, 0.1) is 0 Å². The molecule has 0 unspecified atom stereocenters. The SMILES string of the molecule is COc1ccc(OC)c(CCNC(=O)[C@H]2Cc3ccccc3N2C(C)=O)c1. The molecule has 1 atom stereocenters. The number of anilines is 1. The summed E-state index contributed by atoms with van der Waals surface area (Å²) >= 11 is 0. The topological polar surface area (TPSA) is 67.9 Å².